The van der Waals surface area contributed by atoms with Crippen molar-refractivity contribution in [2.75, 3.05) is 12.4 Å². The van der Waals surface area contributed by atoms with Crippen LogP contribution in [-0.4, -0.2) is 33.0 Å². The first-order valence-corrected chi connectivity index (χ1v) is 10.4. The van der Waals surface area contributed by atoms with E-state index in [1.165, 1.54) is 25.3 Å². The van der Waals surface area contributed by atoms with Crippen LogP contribution in [0.3, 0.4) is 0 Å². The molecule has 0 saturated carbocycles. The molecule has 0 saturated heterocycles. The number of alkyl halides is 3. The Hall–Kier alpha value is -1.85. The Balaban J connectivity index is 2.19. The number of nitro groups is 1. The van der Waals surface area contributed by atoms with E-state index in [2.05, 4.69) is 31.9 Å². The van der Waals surface area contributed by atoms with Crippen LogP contribution < -0.4 is 20.7 Å². The van der Waals surface area contributed by atoms with E-state index >= 15 is 0 Å². The smallest absolute Gasteiger partial charge is 0.271 e. The van der Waals surface area contributed by atoms with Gasteiger partial charge in [-0.1, -0.05) is 46.9 Å². The van der Waals surface area contributed by atoms with E-state index in [9.17, 15) is 14.9 Å². The van der Waals surface area contributed by atoms with Crippen molar-refractivity contribution in [3.63, 3.8) is 0 Å². The van der Waals surface area contributed by atoms with E-state index in [4.69, 9.17) is 51.8 Å². The predicted octanol–water partition coefficient (Wildman–Crippen LogP) is 4.78. The lowest BCUT2D eigenvalue weighted by Gasteiger charge is -2.28. The number of nitro benzene ring substituents is 1. The summed E-state index contributed by atoms with van der Waals surface area (Å²) in [4.78, 5) is 23.0. The van der Waals surface area contributed by atoms with Crippen LogP contribution >= 0.6 is 63.0 Å². The molecule has 0 aliphatic rings. The third-order valence-electron chi connectivity index (χ3n) is 3.64. The maximum atomic E-state index is 12.6. The molecule has 0 fully saturated rings. The summed E-state index contributed by atoms with van der Waals surface area (Å²) in [5, 5.41) is 18.9. The molecule has 2 aromatic rings. The molecule has 13 heteroatoms. The number of non-ortho nitro benzene ring substituents is 1. The zero-order valence-electron chi connectivity index (χ0n) is 15.1. The SMILES string of the molecule is COc1ccc([N+](=O)[O-])cc1NC(=S)N[C@H](NC(=O)c1ccccc1Br)C(Cl)(Cl)Cl. The fourth-order valence-corrected chi connectivity index (χ4v) is 3.27. The van der Waals surface area contributed by atoms with Crippen LogP contribution in [0.15, 0.2) is 46.9 Å². The number of methoxy groups -OCH3 is 1. The number of nitrogens with zero attached hydrogens (tertiary/aromatic N) is 1. The van der Waals surface area contributed by atoms with Crippen molar-refractivity contribution in [1.82, 2.24) is 10.6 Å². The van der Waals surface area contributed by atoms with Crippen LogP contribution in [0, 0.1) is 10.1 Å². The van der Waals surface area contributed by atoms with E-state index in [-0.39, 0.29) is 16.5 Å². The molecule has 0 unspecified atom stereocenters. The summed E-state index contributed by atoms with van der Waals surface area (Å²) in [6.45, 7) is 0. The largest absolute Gasteiger partial charge is 0.495 e. The number of hydrogen-bond acceptors (Lipinski definition) is 5. The summed E-state index contributed by atoms with van der Waals surface area (Å²) < 4.78 is 3.74. The van der Waals surface area contributed by atoms with Gasteiger partial charge in [-0.05, 0) is 46.3 Å². The van der Waals surface area contributed by atoms with E-state index in [0.29, 0.717) is 15.8 Å². The molecule has 2 aromatic carbocycles. The van der Waals surface area contributed by atoms with Gasteiger partial charge >= 0.3 is 0 Å². The lowest BCUT2D eigenvalue weighted by atomic mass is 10.2. The average molecular weight is 557 g/mol. The molecule has 1 atom stereocenters. The first kappa shape index (κ1) is 24.4. The number of thiocarbonyl (C=S) groups is 1. The molecule has 3 N–H and O–H groups in total. The molecule has 160 valence electrons. The summed E-state index contributed by atoms with van der Waals surface area (Å²) in [7, 11) is 1.39. The third-order valence-corrected chi connectivity index (χ3v) is 5.20. The molecule has 0 aliphatic heterocycles. The van der Waals surface area contributed by atoms with Crippen molar-refractivity contribution < 1.29 is 14.5 Å². The van der Waals surface area contributed by atoms with E-state index in [1.807, 2.05) is 0 Å². The zero-order chi connectivity index (χ0) is 22.5. The van der Waals surface area contributed by atoms with Gasteiger partial charge in [0.25, 0.3) is 11.6 Å². The predicted molar refractivity (Wildman–Crippen MR) is 125 cm³/mol. The summed E-state index contributed by atoms with van der Waals surface area (Å²) in [6.07, 6.45) is -1.23. The number of ether oxygens (including phenoxy) is 1. The number of halogens is 4. The molecule has 0 aliphatic carbocycles. The average Bonchev–Trinajstić information content (AvgIpc) is 2.66. The van der Waals surface area contributed by atoms with Gasteiger partial charge in [0.1, 0.15) is 11.9 Å². The molecule has 0 bridgehead atoms. The second kappa shape index (κ2) is 10.5. The van der Waals surface area contributed by atoms with Gasteiger partial charge in [-0.15, -0.1) is 0 Å². The third kappa shape index (κ3) is 6.58. The topological polar surface area (TPSA) is 106 Å². The number of benzene rings is 2. The number of anilines is 1. The maximum absolute atomic E-state index is 12.6. The molecule has 0 heterocycles. The zero-order valence-corrected chi connectivity index (χ0v) is 19.8. The number of nitrogens with one attached hydrogen (secondary N) is 3. The Morgan fingerprint density at radius 2 is 1.90 bits per heavy atom. The summed E-state index contributed by atoms with van der Waals surface area (Å²) >= 11 is 26.4. The van der Waals surface area contributed by atoms with E-state index < -0.39 is 20.8 Å². The van der Waals surface area contributed by atoms with Crippen molar-refractivity contribution in [3.8, 4) is 5.75 Å². The molecule has 8 nitrogen and oxygen atoms in total. The van der Waals surface area contributed by atoms with Gasteiger partial charge in [-0.25, -0.2) is 0 Å². The summed E-state index contributed by atoms with van der Waals surface area (Å²) in [5.41, 5.74) is 0.350. The number of hydrogen-bond donors (Lipinski definition) is 3. The van der Waals surface area contributed by atoms with Gasteiger partial charge in [0.05, 0.1) is 23.3 Å². The second-order valence-electron chi connectivity index (χ2n) is 5.67. The molecule has 2 rings (SSSR count). The first-order valence-electron chi connectivity index (χ1n) is 8.05. The van der Waals surface area contributed by atoms with E-state index in [1.54, 1.807) is 24.3 Å². The quantitative estimate of drug-likeness (QED) is 0.155. The highest BCUT2D eigenvalue weighted by Crippen LogP contribution is 2.31. The Morgan fingerprint density at radius 3 is 2.47 bits per heavy atom. The summed E-state index contributed by atoms with van der Waals surface area (Å²) in [6, 6.07) is 10.6. The van der Waals surface area contributed by atoms with Gasteiger partial charge in [0, 0.05) is 16.6 Å². The standard InChI is InChI=1S/C17H14BrCl3N4O4S/c1-29-13-7-6-9(25(27)28)8-12(13)22-16(30)24-15(17(19,20)21)23-14(26)10-4-2-3-5-11(10)18/h2-8,15H,1H3,(H,23,26)(H2,22,24,30)/t15-/m0/s1. The van der Waals surface area contributed by atoms with Crippen molar-refractivity contribution in [2.45, 2.75) is 9.96 Å². The van der Waals surface area contributed by atoms with Gasteiger partial charge in [0.15, 0.2) is 5.11 Å². The minimum Gasteiger partial charge on any atom is -0.495 e. The Bertz CT molecular complexity index is 974. The normalized spacial score (nSPS) is 11.9. The fourth-order valence-electron chi connectivity index (χ4n) is 2.25. The Kier molecular flexibility index (Phi) is 8.51. The molecule has 0 aromatic heterocycles. The van der Waals surface area contributed by atoms with Crippen molar-refractivity contribution >= 4 is 85.3 Å². The van der Waals surface area contributed by atoms with Gasteiger partial charge in [0.2, 0.25) is 3.79 Å². The highest BCUT2D eigenvalue weighted by atomic mass is 79.9. The Labute approximate surface area is 200 Å². The van der Waals surface area contributed by atoms with E-state index in [0.717, 1.165) is 0 Å². The number of carbonyl (C=O) groups is 1. The number of amides is 1. The summed E-state index contributed by atoms with van der Waals surface area (Å²) in [5.74, 6) is -0.227. The number of rotatable bonds is 6. The molecular weight excluding hydrogens is 543 g/mol. The van der Waals surface area contributed by atoms with Crippen LogP contribution in [0.2, 0.25) is 0 Å². The lowest BCUT2D eigenvalue weighted by Crippen LogP contribution is -2.56. The lowest BCUT2D eigenvalue weighted by molar-refractivity contribution is -0.384. The van der Waals surface area contributed by atoms with Gasteiger partial charge in [-0.3, -0.25) is 14.9 Å². The monoisotopic (exact) mass is 554 g/mol. The maximum Gasteiger partial charge on any atom is 0.271 e. The van der Waals surface area contributed by atoms with Crippen LogP contribution in [0.25, 0.3) is 0 Å². The van der Waals surface area contributed by atoms with Crippen molar-refractivity contribution in [1.29, 1.82) is 0 Å². The van der Waals surface area contributed by atoms with Gasteiger partial charge < -0.3 is 20.7 Å². The van der Waals surface area contributed by atoms with Crippen molar-refractivity contribution in [2.24, 2.45) is 0 Å². The molecule has 0 spiro atoms. The Morgan fingerprint density at radius 1 is 1.23 bits per heavy atom. The fraction of sp³-hybridized carbons (Fsp3) is 0.176. The molecular formula is C17H14BrCl3N4O4S. The molecule has 30 heavy (non-hydrogen) atoms. The van der Waals surface area contributed by atoms with Crippen LogP contribution in [0.5, 0.6) is 5.75 Å². The first-order chi connectivity index (χ1) is 14.0. The molecule has 0 radical (unpaired) electrons. The second-order valence-corrected chi connectivity index (χ2v) is 9.30. The van der Waals surface area contributed by atoms with Crippen LogP contribution in [0.1, 0.15) is 10.4 Å². The van der Waals surface area contributed by atoms with Gasteiger partial charge in [-0.2, -0.15) is 0 Å². The number of carbonyl (C=O) groups excluding carboxylic acids is 1. The van der Waals surface area contributed by atoms with Crippen LogP contribution in [-0.2, 0) is 0 Å². The van der Waals surface area contributed by atoms with Crippen molar-refractivity contribution in [3.05, 3.63) is 62.6 Å². The van der Waals surface area contributed by atoms with Crippen LogP contribution in [0.4, 0.5) is 11.4 Å². The highest BCUT2D eigenvalue weighted by molar-refractivity contribution is 9.10. The minimum absolute atomic E-state index is 0.0717. The molecule has 1 amide bonds. The minimum atomic E-state index is -1.98. The highest BCUT2D eigenvalue weighted by Gasteiger charge is 2.35.